The fourth-order valence-electron chi connectivity index (χ4n) is 1.62. The van der Waals surface area contributed by atoms with E-state index in [-0.39, 0.29) is 19.4 Å². The molecule has 8 nitrogen and oxygen atoms in total. The Balaban J connectivity index is 1.93. The number of hydrogen-bond acceptors (Lipinski definition) is 7. The molecular formula is C9H11NO7. The van der Waals surface area contributed by atoms with Crippen molar-refractivity contribution in [1.82, 2.24) is 0 Å². The first-order valence-electron chi connectivity index (χ1n) is 5.17. The maximum atomic E-state index is 11.6. The number of rotatable bonds is 2. The number of carbonyl (C=O) groups excluding carboxylic acids is 3. The first-order valence-corrected chi connectivity index (χ1v) is 5.17. The fourth-order valence-corrected chi connectivity index (χ4v) is 1.62. The van der Waals surface area contributed by atoms with Crippen LogP contribution in [0.25, 0.3) is 0 Å². The van der Waals surface area contributed by atoms with E-state index >= 15 is 0 Å². The van der Waals surface area contributed by atoms with Gasteiger partial charge in [-0.25, -0.2) is 14.4 Å². The summed E-state index contributed by atoms with van der Waals surface area (Å²) >= 11 is 0. The van der Waals surface area contributed by atoms with Crippen LogP contribution in [0.5, 0.6) is 0 Å². The van der Waals surface area contributed by atoms with Gasteiger partial charge in [0.2, 0.25) is 0 Å². The molecule has 2 saturated heterocycles. The lowest BCUT2D eigenvalue weighted by Gasteiger charge is -2.26. The largest absolute Gasteiger partial charge is 0.574 e. The van der Waals surface area contributed by atoms with Gasteiger partial charge in [-0.1, -0.05) is 0 Å². The van der Waals surface area contributed by atoms with Gasteiger partial charge in [-0.3, -0.25) is 0 Å². The molecule has 0 saturated carbocycles. The molecule has 0 radical (unpaired) electrons. The highest BCUT2D eigenvalue weighted by molar-refractivity contribution is 5.92. The second-order valence-electron chi connectivity index (χ2n) is 3.78. The number of ether oxygens (including phenoxy) is 2. The molecule has 1 atom stereocenters. The van der Waals surface area contributed by atoms with Crippen molar-refractivity contribution in [3.05, 3.63) is 5.21 Å². The number of hydrogen-bond donors (Lipinski definition) is 0. The standard InChI is InChI=1S/C9H11NO7/c11-7-1-2-8(12)10(7,14)17-9(13)16-6-3-4-15-5-6/h6H,1-5H2. The maximum absolute atomic E-state index is 11.6. The molecule has 0 spiro atoms. The molecule has 0 aromatic heterocycles. The predicted octanol–water partition coefficient (Wildman–Crippen LogP) is 0.00510. The molecule has 0 aromatic carbocycles. The Morgan fingerprint density at radius 2 is 2.00 bits per heavy atom. The number of carbonyl (C=O) groups is 3. The van der Waals surface area contributed by atoms with E-state index in [0.717, 1.165) is 0 Å². The third-order valence-corrected chi connectivity index (χ3v) is 2.56. The molecule has 2 fully saturated rings. The lowest BCUT2D eigenvalue weighted by Crippen LogP contribution is -2.48. The van der Waals surface area contributed by atoms with Crippen molar-refractivity contribution in [2.45, 2.75) is 25.4 Å². The summed E-state index contributed by atoms with van der Waals surface area (Å²) in [7, 11) is 0. The lowest BCUT2D eigenvalue weighted by molar-refractivity contribution is -0.916. The molecule has 0 bridgehead atoms. The van der Waals surface area contributed by atoms with Crippen LogP contribution in [0.4, 0.5) is 4.79 Å². The second-order valence-corrected chi connectivity index (χ2v) is 3.78. The van der Waals surface area contributed by atoms with E-state index in [9.17, 15) is 19.6 Å². The molecular weight excluding hydrogens is 234 g/mol. The molecule has 2 amide bonds. The Bertz CT molecular complexity index is 344. The Labute approximate surface area is 96.1 Å². The first kappa shape index (κ1) is 12.0. The van der Waals surface area contributed by atoms with Crippen LogP contribution in [0, 0.1) is 5.21 Å². The van der Waals surface area contributed by atoms with Crippen LogP contribution >= 0.6 is 0 Å². The summed E-state index contributed by atoms with van der Waals surface area (Å²) in [4.78, 5) is 35.6. The molecule has 0 N–H and O–H groups in total. The van der Waals surface area contributed by atoms with Gasteiger partial charge in [0.05, 0.1) is 26.1 Å². The zero-order valence-corrected chi connectivity index (χ0v) is 8.92. The van der Waals surface area contributed by atoms with Gasteiger partial charge >= 0.3 is 18.0 Å². The highest BCUT2D eigenvalue weighted by atomic mass is 17.0. The van der Waals surface area contributed by atoms with Crippen molar-refractivity contribution in [2.75, 3.05) is 13.2 Å². The monoisotopic (exact) mass is 245 g/mol. The minimum Gasteiger partial charge on any atom is -0.574 e. The SMILES string of the molecule is O=C(OC1CCOC1)O[N+]1([O-])C(=O)CCC1=O. The van der Waals surface area contributed by atoms with E-state index in [1.54, 1.807) is 0 Å². The van der Waals surface area contributed by atoms with Gasteiger partial charge in [0.1, 0.15) is 6.10 Å². The summed E-state index contributed by atoms with van der Waals surface area (Å²) in [5.41, 5.74) is 0. The van der Waals surface area contributed by atoms with Crippen molar-refractivity contribution in [3.63, 3.8) is 0 Å². The molecule has 2 aliphatic rings. The van der Waals surface area contributed by atoms with E-state index in [0.29, 0.717) is 13.0 Å². The van der Waals surface area contributed by atoms with Crippen LogP contribution in [-0.4, -0.2) is 42.1 Å². The summed E-state index contributed by atoms with van der Waals surface area (Å²) in [6, 6.07) is 0. The van der Waals surface area contributed by atoms with Crippen LogP contribution in [-0.2, 0) is 23.9 Å². The van der Waals surface area contributed by atoms with Gasteiger partial charge in [0.15, 0.2) is 0 Å². The third-order valence-electron chi connectivity index (χ3n) is 2.56. The quantitative estimate of drug-likeness (QED) is 0.292. The molecule has 2 heterocycles. The highest BCUT2D eigenvalue weighted by Crippen LogP contribution is 2.23. The third kappa shape index (κ3) is 2.28. The maximum Gasteiger partial charge on any atom is 0.561 e. The molecule has 2 rings (SSSR count). The average Bonchev–Trinajstić information content (AvgIpc) is 2.84. The van der Waals surface area contributed by atoms with Gasteiger partial charge in [-0.2, -0.15) is 4.79 Å². The average molecular weight is 245 g/mol. The van der Waals surface area contributed by atoms with E-state index < -0.39 is 28.9 Å². The Morgan fingerprint density at radius 1 is 1.35 bits per heavy atom. The molecule has 17 heavy (non-hydrogen) atoms. The highest BCUT2D eigenvalue weighted by Gasteiger charge is 2.48. The molecule has 0 aromatic rings. The van der Waals surface area contributed by atoms with E-state index in [2.05, 4.69) is 4.84 Å². The van der Waals surface area contributed by atoms with Crippen molar-refractivity contribution in [3.8, 4) is 0 Å². The number of hydroxylamine groups is 4. The van der Waals surface area contributed by atoms with Crippen LogP contribution in [0.15, 0.2) is 0 Å². The van der Waals surface area contributed by atoms with Crippen molar-refractivity contribution in [2.24, 2.45) is 0 Å². The first-order chi connectivity index (χ1) is 8.02. The van der Waals surface area contributed by atoms with Crippen LogP contribution < -0.4 is 0 Å². The fraction of sp³-hybridized carbons (Fsp3) is 0.667. The lowest BCUT2D eigenvalue weighted by atomic mass is 10.3. The van der Waals surface area contributed by atoms with Gasteiger partial charge < -0.3 is 14.7 Å². The summed E-state index contributed by atoms with van der Waals surface area (Å²) in [5, 5.41) is 11.6. The Kier molecular flexibility index (Phi) is 3.09. The number of amides is 2. The Hall–Kier alpha value is -1.51. The van der Waals surface area contributed by atoms with Crippen molar-refractivity contribution >= 4 is 18.0 Å². The van der Waals surface area contributed by atoms with Crippen molar-refractivity contribution < 1.29 is 33.5 Å². The van der Waals surface area contributed by atoms with Gasteiger partial charge in [0.25, 0.3) is 0 Å². The summed E-state index contributed by atoms with van der Waals surface area (Å²) in [6.45, 7) is 0.670. The topological polar surface area (TPSA) is 102 Å². The van der Waals surface area contributed by atoms with E-state index in [1.165, 1.54) is 0 Å². The normalized spacial score (nSPS) is 27.2. The smallest absolute Gasteiger partial charge is 0.561 e. The van der Waals surface area contributed by atoms with Crippen LogP contribution in [0.2, 0.25) is 0 Å². The summed E-state index contributed by atoms with van der Waals surface area (Å²) in [5.74, 6) is -1.98. The molecule has 0 aliphatic carbocycles. The molecule has 2 aliphatic heterocycles. The van der Waals surface area contributed by atoms with Crippen LogP contribution in [0.3, 0.4) is 0 Å². The van der Waals surface area contributed by atoms with Crippen LogP contribution in [0.1, 0.15) is 19.3 Å². The molecule has 94 valence electrons. The van der Waals surface area contributed by atoms with E-state index in [4.69, 9.17) is 9.47 Å². The van der Waals surface area contributed by atoms with Gasteiger partial charge in [-0.15, -0.1) is 0 Å². The number of nitrogens with zero attached hydrogens (tertiary/aromatic N) is 1. The zero-order valence-electron chi connectivity index (χ0n) is 8.92. The van der Waals surface area contributed by atoms with Crippen molar-refractivity contribution in [1.29, 1.82) is 0 Å². The summed E-state index contributed by atoms with van der Waals surface area (Å²) in [6.07, 6.45) is -1.76. The van der Waals surface area contributed by atoms with Gasteiger partial charge in [0, 0.05) is 6.42 Å². The second kappa shape index (κ2) is 4.40. The number of quaternary nitrogens is 1. The van der Waals surface area contributed by atoms with E-state index in [1.807, 2.05) is 0 Å². The predicted molar refractivity (Wildman–Crippen MR) is 49.7 cm³/mol. The minimum absolute atomic E-state index is 0.218. The Morgan fingerprint density at radius 3 is 2.53 bits per heavy atom. The summed E-state index contributed by atoms with van der Waals surface area (Å²) < 4.78 is 9.67. The zero-order chi connectivity index (χ0) is 12.5. The number of imide groups is 1. The minimum atomic E-state index is -2.20. The van der Waals surface area contributed by atoms with Gasteiger partial charge in [-0.05, 0) is 4.81 Å². The molecule has 8 heteroatoms. The molecule has 1 unspecified atom stereocenters.